The van der Waals surface area contributed by atoms with Gasteiger partial charge in [0, 0.05) is 0 Å². The molecule has 0 aromatic carbocycles. The summed E-state index contributed by atoms with van der Waals surface area (Å²) in [5, 5.41) is 31.2. The Kier molecular flexibility index (Phi) is 9.09. The maximum absolute atomic E-state index is 10.7. The van der Waals surface area contributed by atoms with Gasteiger partial charge in [0.05, 0.1) is 12.8 Å². The molecule has 0 heterocycles. The van der Waals surface area contributed by atoms with Gasteiger partial charge in [-0.2, -0.15) is 13.5 Å². The number of aliphatic carboxylic acids is 4. The molecule has 0 aromatic rings. The van der Waals surface area contributed by atoms with E-state index >= 15 is 0 Å². The molecule has 0 amide bonds. The van der Waals surface area contributed by atoms with Crippen LogP contribution in [0.5, 0.6) is 0 Å². The van der Waals surface area contributed by atoms with Crippen LogP contribution in [0.3, 0.4) is 0 Å². The number of carbonyl (C=O) groups is 4. The quantitative estimate of drug-likeness (QED) is 0.473. The highest BCUT2D eigenvalue weighted by Crippen LogP contribution is 2.24. The molecule has 0 bridgehead atoms. The van der Waals surface area contributed by atoms with E-state index in [1.54, 1.807) is 0 Å². The molecule has 104 valence electrons. The molecule has 8 nitrogen and oxygen atoms in total. The monoisotopic (exact) mass is 300 g/mol. The van der Waals surface area contributed by atoms with Crippen LogP contribution in [-0.2, 0) is 19.2 Å². The van der Waals surface area contributed by atoms with E-state index in [0.717, 1.165) is 0 Å². The standard InChI is InChI=1S/C8H10O8S.H2S/c9-5(10)1-3(7(13)14)17-4(8(15)16)2-6(11)12;/h3-4H,1-2H2,(H,9,10)(H,11,12)(H,13,14)(H,15,16);1H2. The van der Waals surface area contributed by atoms with Crippen molar-refractivity contribution in [3.05, 3.63) is 0 Å². The number of hydrogen-bond acceptors (Lipinski definition) is 5. The van der Waals surface area contributed by atoms with Gasteiger partial charge in [0.25, 0.3) is 0 Å². The first kappa shape index (κ1) is 18.9. The molecule has 0 radical (unpaired) electrons. The molecule has 4 N–H and O–H groups in total. The van der Waals surface area contributed by atoms with Gasteiger partial charge in [0.1, 0.15) is 10.5 Å². The van der Waals surface area contributed by atoms with Gasteiger partial charge >= 0.3 is 23.9 Å². The van der Waals surface area contributed by atoms with Crippen LogP contribution in [-0.4, -0.2) is 54.8 Å². The van der Waals surface area contributed by atoms with E-state index in [9.17, 15) is 19.2 Å². The summed E-state index contributed by atoms with van der Waals surface area (Å²) in [6, 6.07) is 0. The van der Waals surface area contributed by atoms with Gasteiger partial charge in [0.15, 0.2) is 0 Å². The predicted molar refractivity (Wildman–Crippen MR) is 65.3 cm³/mol. The number of carboxylic acids is 4. The molecule has 0 aliphatic heterocycles. The summed E-state index contributed by atoms with van der Waals surface area (Å²) in [6.07, 6.45) is -1.55. The summed E-state index contributed by atoms with van der Waals surface area (Å²) >= 11 is 0.302. The average molecular weight is 300 g/mol. The van der Waals surface area contributed by atoms with Crippen LogP contribution in [0.15, 0.2) is 0 Å². The van der Waals surface area contributed by atoms with E-state index in [1.807, 2.05) is 0 Å². The third-order valence-electron chi connectivity index (χ3n) is 1.60. The van der Waals surface area contributed by atoms with Crippen molar-refractivity contribution in [2.75, 3.05) is 0 Å². The van der Waals surface area contributed by atoms with Crippen molar-refractivity contribution in [1.82, 2.24) is 0 Å². The lowest BCUT2D eigenvalue weighted by atomic mass is 10.3. The first-order valence-electron chi connectivity index (χ1n) is 4.28. The number of carboxylic acid groups (broad SMARTS) is 4. The summed E-state index contributed by atoms with van der Waals surface area (Å²) in [5.74, 6) is -5.78. The Balaban J connectivity index is 0. The lowest BCUT2D eigenvalue weighted by molar-refractivity contribution is -0.143. The first-order chi connectivity index (χ1) is 7.73. The average Bonchev–Trinajstić information content (AvgIpc) is 2.13. The molecule has 0 saturated carbocycles. The van der Waals surface area contributed by atoms with E-state index in [0.29, 0.717) is 11.8 Å². The molecule has 0 aliphatic rings. The molecular formula is C8H12O8S2. The molecule has 0 aliphatic carbocycles. The second kappa shape index (κ2) is 8.64. The summed E-state index contributed by atoms with van der Waals surface area (Å²) in [7, 11) is 0. The Bertz CT molecular complexity index is 310. The van der Waals surface area contributed by atoms with Crippen molar-refractivity contribution in [3.63, 3.8) is 0 Å². The number of rotatable bonds is 8. The molecular weight excluding hydrogens is 288 g/mol. The van der Waals surface area contributed by atoms with Crippen LogP contribution in [0.4, 0.5) is 0 Å². The van der Waals surface area contributed by atoms with E-state index in [1.165, 1.54) is 0 Å². The zero-order valence-electron chi connectivity index (χ0n) is 8.90. The zero-order valence-corrected chi connectivity index (χ0v) is 10.7. The van der Waals surface area contributed by atoms with Crippen LogP contribution >= 0.6 is 25.3 Å². The van der Waals surface area contributed by atoms with Crippen molar-refractivity contribution in [2.45, 2.75) is 23.3 Å². The fraction of sp³-hybridized carbons (Fsp3) is 0.500. The largest absolute Gasteiger partial charge is 0.481 e. The van der Waals surface area contributed by atoms with Crippen LogP contribution in [0.25, 0.3) is 0 Å². The van der Waals surface area contributed by atoms with E-state index in [2.05, 4.69) is 0 Å². The van der Waals surface area contributed by atoms with Gasteiger partial charge < -0.3 is 20.4 Å². The molecule has 2 unspecified atom stereocenters. The molecule has 10 heteroatoms. The molecule has 18 heavy (non-hydrogen) atoms. The predicted octanol–water partition coefficient (Wildman–Crippen LogP) is -0.312. The lowest BCUT2D eigenvalue weighted by Gasteiger charge is -2.14. The fourth-order valence-corrected chi connectivity index (χ4v) is 2.01. The Morgan fingerprint density at radius 2 is 1.06 bits per heavy atom. The van der Waals surface area contributed by atoms with E-state index in [-0.39, 0.29) is 13.5 Å². The second-order valence-corrected chi connectivity index (χ2v) is 4.40. The zero-order chi connectivity index (χ0) is 13.6. The van der Waals surface area contributed by atoms with Gasteiger partial charge in [-0.25, -0.2) is 0 Å². The third-order valence-corrected chi connectivity index (χ3v) is 2.99. The summed E-state index contributed by atoms with van der Waals surface area (Å²) < 4.78 is 0. The normalized spacial score (nSPS) is 12.9. The molecule has 0 spiro atoms. The van der Waals surface area contributed by atoms with Gasteiger partial charge in [-0.15, -0.1) is 11.8 Å². The Morgan fingerprint density at radius 3 is 1.22 bits per heavy atom. The maximum Gasteiger partial charge on any atom is 0.317 e. The third kappa shape index (κ3) is 7.79. The Labute approximate surface area is 112 Å². The van der Waals surface area contributed by atoms with Crippen molar-refractivity contribution < 1.29 is 39.6 Å². The van der Waals surface area contributed by atoms with Crippen LogP contribution in [0.2, 0.25) is 0 Å². The van der Waals surface area contributed by atoms with Gasteiger partial charge in [-0.1, -0.05) is 0 Å². The van der Waals surface area contributed by atoms with Gasteiger partial charge in [-0.3, -0.25) is 19.2 Å². The molecule has 0 aromatic heterocycles. The molecule has 2 atom stereocenters. The van der Waals surface area contributed by atoms with Crippen LogP contribution in [0.1, 0.15) is 12.8 Å². The minimum absolute atomic E-state index is 0. The topological polar surface area (TPSA) is 149 Å². The van der Waals surface area contributed by atoms with E-state index < -0.39 is 47.2 Å². The van der Waals surface area contributed by atoms with Gasteiger partial charge in [-0.05, 0) is 0 Å². The van der Waals surface area contributed by atoms with E-state index in [4.69, 9.17) is 20.4 Å². The summed E-state index contributed by atoms with van der Waals surface area (Å²) in [4.78, 5) is 42.0. The molecule has 0 rings (SSSR count). The fourth-order valence-electron chi connectivity index (χ4n) is 0.903. The van der Waals surface area contributed by atoms with Gasteiger partial charge in [0.2, 0.25) is 0 Å². The SMILES string of the molecule is O=C(O)CC(SC(CC(=O)O)C(=O)O)C(=O)O.S. The maximum atomic E-state index is 10.7. The smallest absolute Gasteiger partial charge is 0.317 e. The molecule has 0 saturated heterocycles. The second-order valence-electron chi connectivity index (χ2n) is 2.99. The van der Waals surface area contributed by atoms with Crippen molar-refractivity contribution in [2.24, 2.45) is 0 Å². The van der Waals surface area contributed by atoms with Crippen LogP contribution in [0, 0.1) is 0 Å². The van der Waals surface area contributed by atoms with Crippen LogP contribution < -0.4 is 0 Å². The highest BCUT2D eigenvalue weighted by molar-refractivity contribution is 8.01. The summed E-state index contributed by atoms with van der Waals surface area (Å²) in [6.45, 7) is 0. The Morgan fingerprint density at radius 1 is 0.778 bits per heavy atom. The van der Waals surface area contributed by atoms with Crippen molar-refractivity contribution >= 4 is 49.1 Å². The first-order valence-corrected chi connectivity index (χ1v) is 5.23. The van der Waals surface area contributed by atoms with Crippen molar-refractivity contribution in [1.29, 1.82) is 0 Å². The highest BCUT2D eigenvalue weighted by Gasteiger charge is 2.30. The minimum Gasteiger partial charge on any atom is -0.481 e. The number of hydrogen-bond donors (Lipinski definition) is 4. The molecule has 0 fully saturated rings. The lowest BCUT2D eigenvalue weighted by Crippen LogP contribution is -2.28. The van der Waals surface area contributed by atoms with Crippen molar-refractivity contribution in [3.8, 4) is 0 Å². The number of thioether (sulfide) groups is 1. The summed E-state index contributed by atoms with van der Waals surface area (Å²) in [5.41, 5.74) is 0. The minimum atomic E-state index is -1.49. The highest BCUT2D eigenvalue weighted by atomic mass is 32.2. The Hall–Kier alpha value is -1.42.